The highest BCUT2D eigenvalue weighted by Crippen LogP contribution is 2.42. The molecule has 2 amide bonds. The van der Waals surface area contributed by atoms with E-state index in [1.807, 2.05) is 9.80 Å². The third kappa shape index (κ3) is 2.59. The Morgan fingerprint density at radius 1 is 1.12 bits per heavy atom. The highest BCUT2D eigenvalue weighted by Gasteiger charge is 2.50. The van der Waals surface area contributed by atoms with Gasteiger partial charge in [0.1, 0.15) is 5.41 Å². The molecule has 4 rings (SSSR count). The first-order valence-electron chi connectivity index (χ1n) is 9.25. The van der Waals surface area contributed by atoms with Gasteiger partial charge in [-0.15, -0.1) is 0 Å². The highest BCUT2D eigenvalue weighted by atomic mass is 16.5. The van der Waals surface area contributed by atoms with Crippen LogP contribution in [-0.4, -0.2) is 60.0 Å². The Labute approximate surface area is 142 Å². The minimum Gasteiger partial charge on any atom is -0.372 e. The monoisotopic (exact) mass is 331 g/mol. The van der Waals surface area contributed by atoms with E-state index in [4.69, 9.17) is 4.74 Å². The van der Waals surface area contributed by atoms with Gasteiger partial charge in [-0.05, 0) is 25.7 Å². The van der Waals surface area contributed by atoms with Gasteiger partial charge in [0.15, 0.2) is 0 Å². The van der Waals surface area contributed by atoms with E-state index in [0.717, 1.165) is 38.8 Å². The molecule has 3 atom stereocenters. The van der Waals surface area contributed by atoms with Crippen molar-refractivity contribution in [2.24, 2.45) is 11.3 Å². The summed E-state index contributed by atoms with van der Waals surface area (Å²) in [4.78, 5) is 28.6. The molecule has 0 unspecified atom stereocenters. The third-order valence-electron chi connectivity index (χ3n) is 6.29. The van der Waals surface area contributed by atoms with Crippen LogP contribution >= 0.6 is 0 Å². The Bertz CT molecular complexity index is 561. The normalized spacial score (nSPS) is 33.9. The van der Waals surface area contributed by atoms with Crippen LogP contribution in [0, 0.1) is 22.7 Å². The summed E-state index contributed by atoms with van der Waals surface area (Å²) in [5.74, 6) is 0.530. The van der Waals surface area contributed by atoms with Crippen LogP contribution in [0.25, 0.3) is 0 Å². The van der Waals surface area contributed by atoms with Gasteiger partial charge in [-0.1, -0.05) is 12.8 Å². The molecule has 0 bridgehead atoms. The van der Waals surface area contributed by atoms with Gasteiger partial charge in [0, 0.05) is 32.1 Å². The van der Waals surface area contributed by atoms with Gasteiger partial charge in [0.25, 0.3) is 0 Å². The Morgan fingerprint density at radius 2 is 1.88 bits per heavy atom. The van der Waals surface area contributed by atoms with Crippen LogP contribution in [0.15, 0.2) is 0 Å². The number of ether oxygens (including phenoxy) is 1. The van der Waals surface area contributed by atoms with Crippen LogP contribution in [0.4, 0.5) is 0 Å². The van der Waals surface area contributed by atoms with Crippen molar-refractivity contribution in [3.63, 3.8) is 0 Å². The number of rotatable bonds is 3. The number of nitrogens with zero attached hydrogens (tertiary/aromatic N) is 3. The molecular weight excluding hydrogens is 306 g/mol. The van der Waals surface area contributed by atoms with Crippen molar-refractivity contribution >= 4 is 11.8 Å². The lowest BCUT2D eigenvalue weighted by Gasteiger charge is -2.32. The lowest BCUT2D eigenvalue weighted by atomic mass is 9.86. The fraction of sp³-hybridized carbons (Fsp3) is 0.833. The summed E-state index contributed by atoms with van der Waals surface area (Å²) in [6.07, 6.45) is 5.82. The number of amides is 2. The Hall–Kier alpha value is -1.61. The van der Waals surface area contributed by atoms with Crippen molar-refractivity contribution in [3.05, 3.63) is 0 Å². The fourth-order valence-corrected chi connectivity index (χ4v) is 4.70. The van der Waals surface area contributed by atoms with Gasteiger partial charge in [0.2, 0.25) is 11.8 Å². The first-order valence-corrected chi connectivity index (χ1v) is 9.25. The number of hydrogen-bond acceptors (Lipinski definition) is 4. The second-order valence-electron chi connectivity index (χ2n) is 7.84. The molecule has 0 aromatic carbocycles. The van der Waals surface area contributed by atoms with Crippen molar-refractivity contribution in [3.8, 4) is 6.07 Å². The summed E-state index contributed by atoms with van der Waals surface area (Å²) in [6.45, 7) is 3.04. The zero-order chi connectivity index (χ0) is 16.7. The minimum atomic E-state index is -0.786. The Balaban J connectivity index is 1.32. The van der Waals surface area contributed by atoms with Crippen molar-refractivity contribution in [1.29, 1.82) is 5.26 Å². The summed E-state index contributed by atoms with van der Waals surface area (Å²) in [7, 11) is 0. The molecule has 3 heterocycles. The number of carbonyl (C=O) groups excluding carboxylic acids is 2. The summed E-state index contributed by atoms with van der Waals surface area (Å²) < 4.78 is 6.06. The van der Waals surface area contributed by atoms with Crippen molar-refractivity contribution in [2.75, 3.05) is 26.2 Å². The van der Waals surface area contributed by atoms with Crippen molar-refractivity contribution in [1.82, 2.24) is 9.80 Å². The van der Waals surface area contributed by atoms with Crippen LogP contribution < -0.4 is 0 Å². The molecule has 4 fully saturated rings. The SMILES string of the molecule is N#CC1(C(=O)N2C[C@@H]3C[C@@H](CC(=O)N4CCC4)O[C@@H]3C2)CCCC1. The van der Waals surface area contributed by atoms with Gasteiger partial charge in [-0.2, -0.15) is 5.26 Å². The molecule has 6 nitrogen and oxygen atoms in total. The second kappa shape index (κ2) is 6.03. The standard InChI is InChI=1S/C18H25N3O3/c19-12-18(4-1-2-5-18)17(23)21-10-13-8-14(24-15(13)11-21)9-16(22)20-6-3-7-20/h13-15H,1-11H2/t13-,14-,15+/m0/s1. The van der Waals surface area contributed by atoms with E-state index in [1.54, 1.807) is 0 Å². The first kappa shape index (κ1) is 15.9. The minimum absolute atomic E-state index is 0.00163. The average molecular weight is 331 g/mol. The maximum Gasteiger partial charge on any atom is 0.243 e. The zero-order valence-electron chi connectivity index (χ0n) is 14.1. The first-order chi connectivity index (χ1) is 11.6. The van der Waals surface area contributed by atoms with Crippen LogP contribution in [0.2, 0.25) is 0 Å². The summed E-state index contributed by atoms with van der Waals surface area (Å²) in [5, 5.41) is 9.50. The summed E-state index contributed by atoms with van der Waals surface area (Å²) in [6, 6.07) is 2.30. The van der Waals surface area contributed by atoms with E-state index in [2.05, 4.69) is 6.07 Å². The molecule has 0 aromatic rings. The number of nitriles is 1. The molecular formula is C18H25N3O3. The molecule has 0 spiro atoms. The molecule has 4 aliphatic rings. The molecule has 0 aromatic heterocycles. The van der Waals surface area contributed by atoms with E-state index in [0.29, 0.717) is 38.3 Å². The van der Waals surface area contributed by atoms with Gasteiger partial charge in [-0.25, -0.2) is 0 Å². The van der Waals surface area contributed by atoms with Crippen LogP contribution in [0.5, 0.6) is 0 Å². The molecule has 3 aliphatic heterocycles. The lowest BCUT2D eigenvalue weighted by molar-refractivity contribution is -0.140. The van der Waals surface area contributed by atoms with E-state index in [-0.39, 0.29) is 24.0 Å². The molecule has 0 radical (unpaired) electrons. The summed E-state index contributed by atoms with van der Waals surface area (Å²) >= 11 is 0. The molecule has 24 heavy (non-hydrogen) atoms. The van der Waals surface area contributed by atoms with Crippen molar-refractivity contribution in [2.45, 2.75) is 57.2 Å². The maximum atomic E-state index is 12.8. The van der Waals surface area contributed by atoms with E-state index in [1.165, 1.54) is 0 Å². The Kier molecular flexibility index (Phi) is 4.00. The van der Waals surface area contributed by atoms with Gasteiger partial charge < -0.3 is 14.5 Å². The van der Waals surface area contributed by atoms with Gasteiger partial charge >= 0.3 is 0 Å². The second-order valence-corrected chi connectivity index (χ2v) is 7.84. The smallest absolute Gasteiger partial charge is 0.243 e. The van der Waals surface area contributed by atoms with E-state index < -0.39 is 5.41 Å². The number of likely N-dealkylation sites (tertiary alicyclic amines) is 2. The number of carbonyl (C=O) groups is 2. The topological polar surface area (TPSA) is 73.6 Å². The van der Waals surface area contributed by atoms with Gasteiger partial charge in [0.05, 0.1) is 24.7 Å². The predicted molar refractivity (Wildman–Crippen MR) is 85.7 cm³/mol. The quantitative estimate of drug-likeness (QED) is 0.781. The van der Waals surface area contributed by atoms with Crippen molar-refractivity contribution < 1.29 is 14.3 Å². The largest absolute Gasteiger partial charge is 0.372 e. The zero-order valence-corrected chi connectivity index (χ0v) is 14.1. The molecule has 3 saturated heterocycles. The summed E-state index contributed by atoms with van der Waals surface area (Å²) in [5.41, 5.74) is -0.786. The van der Waals surface area contributed by atoms with Crippen LogP contribution in [0.3, 0.4) is 0 Å². The van der Waals surface area contributed by atoms with Crippen LogP contribution in [-0.2, 0) is 14.3 Å². The molecule has 1 aliphatic carbocycles. The maximum absolute atomic E-state index is 12.8. The highest BCUT2D eigenvalue weighted by molar-refractivity contribution is 5.86. The molecule has 6 heteroatoms. The number of fused-ring (bicyclic) bond motifs is 1. The molecule has 1 saturated carbocycles. The number of hydrogen-bond donors (Lipinski definition) is 0. The third-order valence-corrected chi connectivity index (χ3v) is 6.29. The van der Waals surface area contributed by atoms with Crippen LogP contribution in [0.1, 0.15) is 44.9 Å². The van der Waals surface area contributed by atoms with E-state index >= 15 is 0 Å². The Morgan fingerprint density at radius 3 is 2.46 bits per heavy atom. The van der Waals surface area contributed by atoms with Gasteiger partial charge in [-0.3, -0.25) is 9.59 Å². The van der Waals surface area contributed by atoms with E-state index in [9.17, 15) is 14.9 Å². The molecule has 130 valence electrons. The molecule has 0 N–H and O–H groups in total. The average Bonchev–Trinajstić information content (AvgIpc) is 3.18. The lowest BCUT2D eigenvalue weighted by Crippen LogP contribution is -2.44. The predicted octanol–water partition coefficient (Wildman–Crippen LogP) is 1.31. The fourth-order valence-electron chi connectivity index (χ4n) is 4.70.